The minimum atomic E-state index is -0.434. The van der Waals surface area contributed by atoms with Gasteiger partial charge in [-0.05, 0) is 66.1 Å². The number of aromatic hydroxyl groups is 2. The van der Waals surface area contributed by atoms with E-state index >= 15 is 0 Å². The zero-order valence-corrected chi connectivity index (χ0v) is 33.1. The highest BCUT2D eigenvalue weighted by Gasteiger charge is 2.16. The Bertz CT molecular complexity index is 2610. The predicted octanol–water partition coefficient (Wildman–Crippen LogP) is 11.3. The summed E-state index contributed by atoms with van der Waals surface area (Å²) in [5.41, 5.74) is 5.82. The molecule has 14 heteroatoms. The van der Waals surface area contributed by atoms with E-state index in [9.17, 15) is 19.8 Å². The number of fused-ring (bicyclic) bond motifs is 2. The lowest BCUT2D eigenvalue weighted by Gasteiger charge is -2.11. The van der Waals surface area contributed by atoms with Gasteiger partial charge in [0.05, 0.1) is 41.9 Å². The van der Waals surface area contributed by atoms with Gasteiger partial charge in [0.2, 0.25) is 0 Å². The van der Waals surface area contributed by atoms with Gasteiger partial charge in [0.25, 0.3) is 0 Å². The average molecular weight is 834 g/mol. The number of aromatic nitrogens is 2. The molecule has 0 saturated heterocycles. The number of urea groups is 2. The van der Waals surface area contributed by atoms with Crippen molar-refractivity contribution in [2.24, 2.45) is 0 Å². The smallest absolute Gasteiger partial charge is 0.319 e. The van der Waals surface area contributed by atoms with Gasteiger partial charge in [0.15, 0.2) is 11.5 Å². The first-order chi connectivity index (χ1) is 27.7. The molecule has 8 aromatic rings. The number of benzene rings is 6. The fourth-order valence-electron chi connectivity index (χ4n) is 5.70. The normalized spacial score (nSPS) is 10.8. The summed E-state index contributed by atoms with van der Waals surface area (Å²) in [7, 11) is 0. The van der Waals surface area contributed by atoms with Gasteiger partial charge in [-0.25, -0.2) is 19.6 Å². The third kappa shape index (κ3) is 9.98. The monoisotopic (exact) mass is 832 g/mol. The molecule has 0 atom stereocenters. The largest absolute Gasteiger partial charge is 0.504 e. The molecule has 0 aliphatic rings. The van der Waals surface area contributed by atoms with E-state index in [2.05, 4.69) is 31.2 Å². The number of carbonyl (C=O) groups is 2. The fraction of sp³-hybridized carbons (Fsp3) is 0.0698. The Morgan fingerprint density at radius 1 is 0.561 bits per heavy atom. The Morgan fingerprint density at radius 3 is 1.49 bits per heavy atom. The molecule has 0 fully saturated rings. The highest BCUT2D eigenvalue weighted by atomic mass is 35.5. The van der Waals surface area contributed by atoms with Crippen molar-refractivity contribution in [1.82, 2.24) is 20.6 Å². The standard InChI is InChI=1S/C22H18ClN3O2S.C21H16ClN3O2S/c23-16-12-15(21-25-17-8-4-5-9-19(17)29-21)13-18(20(16)27)26-22(28)24-11-10-14-6-2-1-3-7-14;22-15-10-14(20-24-16-8-4-5-9-18(16)28-20)11-17(19(15)26)25-21(27)23-12-13-6-2-1-3-7-13/h1-9,12-13,27H,10-11H2,(H2,24,26,28);1-11,26H,12H2,(H2,23,25,27). The van der Waals surface area contributed by atoms with Gasteiger partial charge in [0.1, 0.15) is 10.0 Å². The van der Waals surface area contributed by atoms with Crippen molar-refractivity contribution in [1.29, 1.82) is 0 Å². The molecule has 57 heavy (non-hydrogen) atoms. The number of phenolic OH excluding ortho intramolecular Hbond substituents is 2. The summed E-state index contributed by atoms with van der Waals surface area (Å²) in [5, 5.41) is 33.2. The van der Waals surface area contributed by atoms with E-state index < -0.39 is 12.1 Å². The summed E-state index contributed by atoms with van der Waals surface area (Å²) in [6, 6.07) is 40.9. The molecular weight excluding hydrogens is 800 g/mol. The molecule has 0 bridgehead atoms. The number of nitrogens with zero attached hydrogens (tertiary/aromatic N) is 2. The highest BCUT2D eigenvalue weighted by molar-refractivity contribution is 7.22. The van der Waals surface area contributed by atoms with Crippen LogP contribution in [0.15, 0.2) is 133 Å². The van der Waals surface area contributed by atoms with Crippen LogP contribution in [-0.2, 0) is 13.0 Å². The zero-order chi connectivity index (χ0) is 39.7. The Labute approximate surface area is 345 Å². The third-order valence-corrected chi connectivity index (χ3v) is 11.3. The van der Waals surface area contributed by atoms with Crippen LogP contribution < -0.4 is 21.3 Å². The zero-order valence-electron chi connectivity index (χ0n) is 30.0. The van der Waals surface area contributed by atoms with Crippen LogP contribution in [0, 0.1) is 0 Å². The van der Waals surface area contributed by atoms with Crippen molar-refractivity contribution < 1.29 is 19.8 Å². The maximum atomic E-state index is 12.3. The first-order valence-electron chi connectivity index (χ1n) is 17.6. The van der Waals surface area contributed by atoms with Crippen LogP contribution >= 0.6 is 45.9 Å². The second-order valence-corrected chi connectivity index (χ2v) is 15.5. The molecule has 8 rings (SSSR count). The first kappa shape index (κ1) is 39.1. The number of rotatable bonds is 9. The molecule has 4 amide bonds. The number of halogens is 2. The van der Waals surface area contributed by atoms with Gasteiger partial charge in [-0.1, -0.05) is 108 Å². The van der Waals surface area contributed by atoms with Crippen LogP contribution in [0.2, 0.25) is 10.0 Å². The van der Waals surface area contributed by atoms with Gasteiger partial charge >= 0.3 is 12.1 Å². The second kappa shape index (κ2) is 18.2. The number of para-hydroxylation sites is 2. The van der Waals surface area contributed by atoms with Crippen LogP contribution in [0.1, 0.15) is 11.1 Å². The lowest BCUT2D eigenvalue weighted by molar-refractivity contribution is 0.251. The third-order valence-electron chi connectivity index (χ3n) is 8.54. The Hall–Kier alpha value is -6.18. The van der Waals surface area contributed by atoms with Gasteiger partial charge in [-0.15, -0.1) is 22.7 Å². The van der Waals surface area contributed by atoms with E-state index in [1.54, 1.807) is 24.3 Å². The number of hydrogen-bond donors (Lipinski definition) is 6. The molecule has 0 radical (unpaired) electrons. The number of carbonyl (C=O) groups excluding carboxylic acids is 2. The first-order valence-corrected chi connectivity index (χ1v) is 20.0. The second-order valence-electron chi connectivity index (χ2n) is 12.6. The van der Waals surface area contributed by atoms with E-state index in [0.717, 1.165) is 52.7 Å². The maximum absolute atomic E-state index is 12.3. The van der Waals surface area contributed by atoms with Crippen molar-refractivity contribution in [3.63, 3.8) is 0 Å². The molecular formula is C43H34Cl2N6O4S2. The van der Waals surface area contributed by atoms with E-state index in [1.165, 1.54) is 22.7 Å². The van der Waals surface area contributed by atoms with Crippen molar-refractivity contribution in [3.8, 4) is 32.6 Å². The van der Waals surface area contributed by atoms with Gasteiger partial charge < -0.3 is 31.5 Å². The van der Waals surface area contributed by atoms with Crippen LogP contribution in [-0.4, -0.2) is 38.8 Å². The number of amides is 4. The summed E-state index contributed by atoms with van der Waals surface area (Å²) in [5.74, 6) is -0.351. The summed E-state index contributed by atoms with van der Waals surface area (Å²) < 4.78 is 2.11. The molecule has 0 aliphatic heterocycles. The average Bonchev–Trinajstić information content (AvgIpc) is 3.87. The topological polar surface area (TPSA) is 148 Å². The van der Waals surface area contributed by atoms with Crippen LogP contribution in [0.25, 0.3) is 41.6 Å². The molecule has 2 heterocycles. The van der Waals surface area contributed by atoms with Crippen molar-refractivity contribution in [2.45, 2.75) is 13.0 Å². The van der Waals surface area contributed by atoms with Crippen molar-refractivity contribution >= 4 is 89.7 Å². The molecule has 286 valence electrons. The quantitative estimate of drug-likeness (QED) is 0.0798. The number of thiazole rings is 2. The number of phenols is 2. The Morgan fingerprint density at radius 2 is 1.00 bits per heavy atom. The summed E-state index contributed by atoms with van der Waals surface area (Å²) in [6.45, 7) is 0.848. The van der Waals surface area contributed by atoms with Crippen LogP contribution in [0.4, 0.5) is 21.0 Å². The SMILES string of the molecule is O=C(NCCc1ccccc1)Nc1cc(-c2nc3ccccc3s2)cc(Cl)c1O.O=C(NCc1ccccc1)Nc1cc(-c2nc3ccccc3s2)cc(Cl)c1O. The van der Waals surface area contributed by atoms with Gasteiger partial charge in [-0.2, -0.15) is 0 Å². The van der Waals surface area contributed by atoms with Crippen LogP contribution in [0.3, 0.4) is 0 Å². The van der Waals surface area contributed by atoms with E-state index in [1.807, 2.05) is 109 Å². The maximum Gasteiger partial charge on any atom is 0.319 e. The number of hydrogen-bond acceptors (Lipinski definition) is 8. The molecule has 10 nitrogen and oxygen atoms in total. The molecule has 6 aromatic carbocycles. The summed E-state index contributed by atoms with van der Waals surface area (Å²) >= 11 is 15.4. The molecule has 0 unspecified atom stereocenters. The lowest BCUT2D eigenvalue weighted by atomic mass is 10.1. The van der Waals surface area contributed by atoms with Crippen LogP contribution in [0.5, 0.6) is 11.5 Å². The lowest BCUT2D eigenvalue weighted by Crippen LogP contribution is -2.30. The minimum Gasteiger partial charge on any atom is -0.504 e. The number of nitrogens with one attached hydrogen (secondary N) is 4. The molecule has 2 aromatic heterocycles. The fourth-order valence-corrected chi connectivity index (χ4v) is 8.05. The van der Waals surface area contributed by atoms with Crippen molar-refractivity contribution in [3.05, 3.63) is 155 Å². The van der Waals surface area contributed by atoms with E-state index in [0.29, 0.717) is 19.5 Å². The minimum absolute atomic E-state index is 0.148. The van der Waals surface area contributed by atoms with E-state index in [-0.39, 0.29) is 32.9 Å². The van der Waals surface area contributed by atoms with Gasteiger partial charge in [0, 0.05) is 24.2 Å². The summed E-state index contributed by atoms with van der Waals surface area (Å²) in [4.78, 5) is 33.7. The predicted molar refractivity (Wildman–Crippen MR) is 233 cm³/mol. The molecule has 0 saturated carbocycles. The molecule has 6 N–H and O–H groups in total. The number of anilines is 2. The molecule has 0 aliphatic carbocycles. The van der Waals surface area contributed by atoms with Crippen molar-refractivity contribution in [2.75, 3.05) is 17.2 Å². The highest BCUT2D eigenvalue weighted by Crippen LogP contribution is 2.40. The van der Waals surface area contributed by atoms with Gasteiger partial charge in [-0.3, -0.25) is 0 Å². The summed E-state index contributed by atoms with van der Waals surface area (Å²) in [6.07, 6.45) is 0.715. The Balaban J connectivity index is 0.000000174. The Kier molecular flexibility index (Phi) is 12.5. The van der Waals surface area contributed by atoms with E-state index in [4.69, 9.17) is 23.2 Å². The molecule has 0 spiro atoms.